The number of carbonyl (C=O) groups is 1. The van der Waals surface area contributed by atoms with Crippen molar-refractivity contribution < 1.29 is 14.3 Å². The monoisotopic (exact) mass is 376 g/mol. The van der Waals surface area contributed by atoms with E-state index in [1.807, 2.05) is 36.5 Å². The quantitative estimate of drug-likeness (QED) is 0.601. The van der Waals surface area contributed by atoms with Crippen LogP contribution in [0.5, 0.6) is 5.75 Å². The van der Waals surface area contributed by atoms with Crippen molar-refractivity contribution in [3.8, 4) is 11.4 Å². The number of rotatable bonds is 6. The largest absolute Gasteiger partial charge is 0.480 e. The zero-order valence-electron chi connectivity index (χ0n) is 13.1. The summed E-state index contributed by atoms with van der Waals surface area (Å²) in [5, 5.41) is 5.19. The number of aromatic nitrogens is 2. The number of esters is 1. The predicted octanol–water partition coefficient (Wildman–Crippen LogP) is 4.30. The van der Waals surface area contributed by atoms with Gasteiger partial charge in [-0.15, -0.1) is 0 Å². The van der Waals surface area contributed by atoms with Gasteiger partial charge in [0.05, 0.1) is 10.7 Å². The maximum Gasteiger partial charge on any atom is 0.344 e. The van der Waals surface area contributed by atoms with Crippen molar-refractivity contribution in [3.63, 3.8) is 0 Å². The third-order valence-electron chi connectivity index (χ3n) is 3.29. The maximum absolute atomic E-state index is 11.8. The lowest BCUT2D eigenvalue weighted by molar-refractivity contribution is -0.147. The highest BCUT2D eigenvalue weighted by Gasteiger charge is 2.09. The van der Waals surface area contributed by atoms with E-state index in [0.29, 0.717) is 21.5 Å². The van der Waals surface area contributed by atoms with Crippen molar-refractivity contribution in [3.05, 3.63) is 76.5 Å². The molecule has 5 nitrogen and oxygen atoms in total. The van der Waals surface area contributed by atoms with Crippen molar-refractivity contribution in [2.75, 3.05) is 6.61 Å². The molecule has 0 spiro atoms. The minimum atomic E-state index is -0.514. The minimum absolute atomic E-state index is 0.0659. The number of benzene rings is 2. The number of hydrogen-bond donors (Lipinski definition) is 0. The van der Waals surface area contributed by atoms with Crippen LogP contribution in [0.2, 0.25) is 10.0 Å². The van der Waals surface area contributed by atoms with Gasteiger partial charge in [-0.1, -0.05) is 41.4 Å². The zero-order chi connectivity index (χ0) is 17.6. The third-order valence-corrected chi connectivity index (χ3v) is 3.82. The summed E-state index contributed by atoms with van der Waals surface area (Å²) in [5.41, 5.74) is 1.57. The molecule has 0 N–H and O–H groups in total. The molecule has 3 rings (SSSR count). The van der Waals surface area contributed by atoms with Crippen molar-refractivity contribution in [2.45, 2.75) is 6.61 Å². The number of hydrogen-bond acceptors (Lipinski definition) is 4. The summed E-state index contributed by atoms with van der Waals surface area (Å²) in [4.78, 5) is 11.8. The van der Waals surface area contributed by atoms with Gasteiger partial charge in [0.1, 0.15) is 18.1 Å². The van der Waals surface area contributed by atoms with Crippen molar-refractivity contribution in [1.82, 2.24) is 9.78 Å². The van der Waals surface area contributed by atoms with E-state index in [-0.39, 0.29) is 13.2 Å². The van der Waals surface area contributed by atoms with Gasteiger partial charge in [-0.3, -0.25) is 0 Å². The summed E-state index contributed by atoms with van der Waals surface area (Å²) in [5.74, 6) is -0.142. The molecule has 0 aliphatic heterocycles. The van der Waals surface area contributed by atoms with Gasteiger partial charge >= 0.3 is 5.97 Å². The molecular weight excluding hydrogens is 363 g/mol. The average molecular weight is 377 g/mol. The van der Waals surface area contributed by atoms with Crippen LogP contribution in [0.4, 0.5) is 0 Å². The average Bonchev–Trinajstić information content (AvgIpc) is 3.09. The predicted molar refractivity (Wildman–Crippen MR) is 95.3 cm³/mol. The fourth-order valence-corrected chi connectivity index (χ4v) is 2.55. The molecule has 7 heteroatoms. The highest BCUT2D eigenvalue weighted by atomic mass is 35.5. The molecule has 0 radical (unpaired) electrons. The molecule has 0 amide bonds. The Balaban J connectivity index is 1.50. The summed E-state index contributed by atoms with van der Waals surface area (Å²) in [6, 6.07) is 16.2. The molecule has 25 heavy (non-hydrogen) atoms. The fourth-order valence-electron chi connectivity index (χ4n) is 2.09. The maximum atomic E-state index is 11.8. The van der Waals surface area contributed by atoms with Gasteiger partial charge in [-0.2, -0.15) is 5.10 Å². The first-order valence-electron chi connectivity index (χ1n) is 7.45. The standard InChI is InChI=1S/C18H14Cl2N2O3/c19-13-6-7-17(16(20)10-13)24-12-18(23)25-11-14-8-9-22(21-14)15-4-2-1-3-5-15/h1-10H,11-12H2. The van der Waals surface area contributed by atoms with Gasteiger partial charge in [0.25, 0.3) is 0 Å². The van der Waals surface area contributed by atoms with Crippen LogP contribution in [0.25, 0.3) is 5.69 Å². The molecule has 0 unspecified atom stereocenters. The molecule has 3 aromatic rings. The Morgan fingerprint density at radius 1 is 1.08 bits per heavy atom. The molecule has 1 aromatic heterocycles. The van der Waals surface area contributed by atoms with Gasteiger partial charge < -0.3 is 9.47 Å². The van der Waals surface area contributed by atoms with E-state index in [4.69, 9.17) is 32.7 Å². The first-order valence-corrected chi connectivity index (χ1v) is 8.21. The molecule has 0 aliphatic carbocycles. The van der Waals surface area contributed by atoms with E-state index in [2.05, 4.69) is 5.10 Å². The molecule has 1 heterocycles. The third kappa shape index (κ3) is 4.75. The van der Waals surface area contributed by atoms with E-state index in [1.165, 1.54) is 0 Å². The Morgan fingerprint density at radius 3 is 2.64 bits per heavy atom. The Kier molecular flexibility index (Phi) is 5.58. The highest BCUT2D eigenvalue weighted by Crippen LogP contribution is 2.27. The van der Waals surface area contributed by atoms with Crippen LogP contribution >= 0.6 is 23.2 Å². The second kappa shape index (κ2) is 8.05. The van der Waals surface area contributed by atoms with Crippen molar-refractivity contribution >= 4 is 29.2 Å². The molecule has 0 aliphatic rings. The van der Waals surface area contributed by atoms with Crippen molar-refractivity contribution in [2.24, 2.45) is 0 Å². The Hall–Kier alpha value is -2.50. The molecule has 128 valence electrons. The van der Waals surface area contributed by atoms with Crippen LogP contribution in [0.1, 0.15) is 5.69 Å². The normalized spacial score (nSPS) is 10.5. The lowest BCUT2D eigenvalue weighted by Gasteiger charge is -2.08. The SMILES string of the molecule is O=C(COc1ccc(Cl)cc1Cl)OCc1ccn(-c2ccccc2)n1. The van der Waals surface area contributed by atoms with Gasteiger partial charge in [0, 0.05) is 11.2 Å². The Labute approximate surface area is 154 Å². The van der Waals surface area contributed by atoms with E-state index in [9.17, 15) is 4.79 Å². The fraction of sp³-hybridized carbons (Fsp3) is 0.111. The van der Waals surface area contributed by atoms with E-state index < -0.39 is 5.97 Å². The lowest BCUT2D eigenvalue weighted by Crippen LogP contribution is -2.15. The Bertz CT molecular complexity index is 866. The van der Waals surface area contributed by atoms with Crippen LogP contribution in [0.15, 0.2) is 60.8 Å². The van der Waals surface area contributed by atoms with Gasteiger partial charge in [0.15, 0.2) is 6.61 Å². The minimum Gasteiger partial charge on any atom is -0.480 e. The summed E-state index contributed by atoms with van der Waals surface area (Å²) in [6.07, 6.45) is 1.81. The van der Waals surface area contributed by atoms with E-state index in [1.54, 1.807) is 28.9 Å². The second-order valence-corrected chi connectivity index (χ2v) is 5.95. The van der Waals surface area contributed by atoms with Crippen LogP contribution in [0.3, 0.4) is 0 Å². The van der Waals surface area contributed by atoms with Crippen LogP contribution in [-0.4, -0.2) is 22.4 Å². The topological polar surface area (TPSA) is 53.4 Å². The zero-order valence-corrected chi connectivity index (χ0v) is 14.6. The Morgan fingerprint density at radius 2 is 1.88 bits per heavy atom. The van der Waals surface area contributed by atoms with Gasteiger partial charge in [0.2, 0.25) is 0 Å². The molecule has 0 atom stereocenters. The number of para-hydroxylation sites is 1. The van der Waals surface area contributed by atoms with Crippen LogP contribution < -0.4 is 4.74 Å². The molecule has 0 fully saturated rings. The van der Waals surface area contributed by atoms with Gasteiger partial charge in [-0.25, -0.2) is 9.48 Å². The van der Waals surface area contributed by atoms with E-state index in [0.717, 1.165) is 5.69 Å². The molecule has 0 saturated heterocycles. The summed E-state index contributed by atoms with van der Waals surface area (Å²) >= 11 is 11.8. The highest BCUT2D eigenvalue weighted by molar-refractivity contribution is 6.35. The smallest absolute Gasteiger partial charge is 0.344 e. The summed E-state index contributed by atoms with van der Waals surface area (Å²) < 4.78 is 12.2. The number of ether oxygens (including phenoxy) is 2. The molecule has 0 bridgehead atoms. The second-order valence-electron chi connectivity index (χ2n) is 5.11. The number of halogens is 2. The van der Waals surface area contributed by atoms with E-state index >= 15 is 0 Å². The summed E-state index contributed by atoms with van der Waals surface area (Å²) in [6.45, 7) is -0.183. The number of carbonyl (C=O) groups excluding carboxylic acids is 1. The number of nitrogens with zero attached hydrogens (tertiary/aromatic N) is 2. The van der Waals surface area contributed by atoms with Crippen LogP contribution in [0, 0.1) is 0 Å². The molecular formula is C18H14Cl2N2O3. The van der Waals surface area contributed by atoms with Crippen LogP contribution in [-0.2, 0) is 16.1 Å². The van der Waals surface area contributed by atoms with Gasteiger partial charge in [-0.05, 0) is 36.4 Å². The first kappa shape index (κ1) is 17.3. The lowest BCUT2D eigenvalue weighted by atomic mass is 10.3. The molecule has 0 saturated carbocycles. The van der Waals surface area contributed by atoms with Crippen molar-refractivity contribution in [1.29, 1.82) is 0 Å². The first-order chi connectivity index (χ1) is 12.1. The molecule has 2 aromatic carbocycles. The summed E-state index contributed by atoms with van der Waals surface area (Å²) in [7, 11) is 0.